The normalized spacial score (nSPS) is 11.2. The highest BCUT2D eigenvalue weighted by atomic mass is 35.5. The maximum Gasteiger partial charge on any atom is 0.261 e. The van der Waals surface area contributed by atoms with Crippen molar-refractivity contribution in [2.45, 2.75) is 6.54 Å². The maximum atomic E-state index is 12.5. The Balaban J connectivity index is 1.69. The third kappa shape index (κ3) is 2.81. The van der Waals surface area contributed by atoms with E-state index in [2.05, 4.69) is 9.97 Å². The molecule has 0 aliphatic carbocycles. The molecule has 0 N–H and O–H groups in total. The summed E-state index contributed by atoms with van der Waals surface area (Å²) in [6.07, 6.45) is 1.55. The van der Waals surface area contributed by atoms with E-state index >= 15 is 0 Å². The summed E-state index contributed by atoms with van der Waals surface area (Å²) in [5, 5.41) is 6.11. The lowest BCUT2D eigenvalue weighted by Gasteiger charge is -2.04. The average Bonchev–Trinajstić information content (AvgIpc) is 3.21. The first kappa shape index (κ1) is 14.6. The standard InChI is InChI=1S/C16H10ClN3OS2/c17-10-3-4-12-13(6-10)18-9-20(16(12)21)7-11-8-23-15(19-11)14-2-1-5-22-14/h1-6,8-9H,7H2. The summed E-state index contributed by atoms with van der Waals surface area (Å²) in [5.41, 5.74) is 1.38. The van der Waals surface area contributed by atoms with E-state index in [1.807, 2.05) is 22.9 Å². The maximum absolute atomic E-state index is 12.5. The van der Waals surface area contributed by atoms with Gasteiger partial charge < -0.3 is 0 Å². The molecule has 1 aromatic carbocycles. The topological polar surface area (TPSA) is 47.8 Å². The van der Waals surface area contributed by atoms with E-state index in [1.165, 1.54) is 0 Å². The summed E-state index contributed by atoms with van der Waals surface area (Å²) in [6, 6.07) is 9.15. The minimum Gasteiger partial charge on any atom is -0.293 e. The number of halogens is 1. The molecule has 114 valence electrons. The molecule has 0 aliphatic rings. The van der Waals surface area contributed by atoms with Crippen LogP contribution in [0.3, 0.4) is 0 Å². The molecule has 0 amide bonds. The van der Waals surface area contributed by atoms with Gasteiger partial charge in [-0.1, -0.05) is 17.7 Å². The van der Waals surface area contributed by atoms with E-state index in [0.29, 0.717) is 22.5 Å². The zero-order chi connectivity index (χ0) is 15.8. The highest BCUT2D eigenvalue weighted by Gasteiger charge is 2.09. The number of rotatable bonds is 3. The van der Waals surface area contributed by atoms with E-state index in [4.69, 9.17) is 11.6 Å². The third-order valence-corrected chi connectivity index (χ3v) is 5.57. The van der Waals surface area contributed by atoms with E-state index in [1.54, 1.807) is 51.8 Å². The van der Waals surface area contributed by atoms with Gasteiger partial charge in [0.15, 0.2) is 0 Å². The molecule has 3 heterocycles. The Kier molecular flexibility index (Phi) is 3.72. The number of hydrogen-bond donors (Lipinski definition) is 0. The molecule has 4 rings (SSSR count). The zero-order valence-electron chi connectivity index (χ0n) is 11.8. The van der Waals surface area contributed by atoms with Gasteiger partial charge in [-0.2, -0.15) is 0 Å². The Hall–Kier alpha value is -2.02. The first-order valence-electron chi connectivity index (χ1n) is 6.84. The molecule has 0 aliphatic heterocycles. The lowest BCUT2D eigenvalue weighted by atomic mass is 10.2. The fourth-order valence-electron chi connectivity index (χ4n) is 2.31. The van der Waals surface area contributed by atoms with Crippen molar-refractivity contribution in [3.63, 3.8) is 0 Å². The summed E-state index contributed by atoms with van der Waals surface area (Å²) in [7, 11) is 0. The van der Waals surface area contributed by atoms with Gasteiger partial charge >= 0.3 is 0 Å². The second-order valence-corrected chi connectivity index (χ2v) is 7.20. The number of aromatic nitrogens is 3. The van der Waals surface area contributed by atoms with Crippen molar-refractivity contribution in [1.82, 2.24) is 14.5 Å². The molecule has 0 bridgehead atoms. The van der Waals surface area contributed by atoms with E-state index in [9.17, 15) is 4.79 Å². The third-order valence-electron chi connectivity index (χ3n) is 3.40. The molecule has 0 saturated heterocycles. The first-order valence-corrected chi connectivity index (χ1v) is 8.97. The Labute approximate surface area is 144 Å². The minimum absolute atomic E-state index is 0.0858. The molecule has 4 nitrogen and oxygen atoms in total. The van der Waals surface area contributed by atoms with Crippen LogP contribution in [0.4, 0.5) is 0 Å². The van der Waals surface area contributed by atoms with Crippen molar-refractivity contribution in [1.29, 1.82) is 0 Å². The van der Waals surface area contributed by atoms with Gasteiger partial charge in [0.25, 0.3) is 5.56 Å². The van der Waals surface area contributed by atoms with Gasteiger partial charge in [-0.3, -0.25) is 9.36 Å². The van der Waals surface area contributed by atoms with E-state index < -0.39 is 0 Å². The molecule has 0 spiro atoms. The molecule has 0 saturated carbocycles. The summed E-state index contributed by atoms with van der Waals surface area (Å²) in [4.78, 5) is 22.6. The van der Waals surface area contributed by atoms with Gasteiger partial charge in [0.2, 0.25) is 0 Å². The van der Waals surface area contributed by atoms with Crippen LogP contribution in [-0.2, 0) is 6.54 Å². The second kappa shape index (κ2) is 5.88. The fraction of sp³-hybridized carbons (Fsp3) is 0.0625. The van der Waals surface area contributed by atoms with Crippen molar-refractivity contribution < 1.29 is 0 Å². The van der Waals surface area contributed by atoms with E-state index in [0.717, 1.165) is 15.6 Å². The molecule has 0 radical (unpaired) electrons. The van der Waals surface area contributed by atoms with Crippen LogP contribution in [0.15, 0.2) is 52.2 Å². The van der Waals surface area contributed by atoms with Crippen LogP contribution in [0.5, 0.6) is 0 Å². The van der Waals surface area contributed by atoms with Crippen molar-refractivity contribution in [3.05, 3.63) is 68.5 Å². The summed E-state index contributed by atoms with van der Waals surface area (Å²) in [5.74, 6) is 0. The Bertz CT molecular complexity index is 1040. The van der Waals surface area contributed by atoms with Crippen LogP contribution in [0.25, 0.3) is 20.8 Å². The monoisotopic (exact) mass is 359 g/mol. The second-order valence-electron chi connectivity index (χ2n) is 4.96. The SMILES string of the molecule is O=c1c2ccc(Cl)cc2ncn1Cc1csc(-c2cccs2)n1. The van der Waals surface area contributed by atoms with Crippen LogP contribution in [0.1, 0.15) is 5.69 Å². The van der Waals surface area contributed by atoms with Gasteiger partial charge in [-0.25, -0.2) is 9.97 Å². The smallest absolute Gasteiger partial charge is 0.261 e. The first-order chi connectivity index (χ1) is 11.2. The highest BCUT2D eigenvalue weighted by molar-refractivity contribution is 7.20. The van der Waals surface area contributed by atoms with Gasteiger partial charge in [0.05, 0.1) is 34.3 Å². The molecular weight excluding hydrogens is 350 g/mol. The molecule has 0 fully saturated rings. The fourth-order valence-corrected chi connectivity index (χ4v) is 4.10. The van der Waals surface area contributed by atoms with Crippen LogP contribution in [-0.4, -0.2) is 14.5 Å². The van der Waals surface area contributed by atoms with Gasteiger partial charge in [0.1, 0.15) is 5.01 Å². The number of thiophene rings is 1. The Morgan fingerprint density at radius 2 is 2.13 bits per heavy atom. The van der Waals surface area contributed by atoms with Gasteiger partial charge in [-0.15, -0.1) is 22.7 Å². The Morgan fingerprint density at radius 1 is 1.22 bits per heavy atom. The highest BCUT2D eigenvalue weighted by Crippen LogP contribution is 2.27. The van der Waals surface area contributed by atoms with Crippen LogP contribution >= 0.6 is 34.3 Å². The van der Waals surface area contributed by atoms with Crippen molar-refractivity contribution in [2.75, 3.05) is 0 Å². The predicted molar refractivity (Wildman–Crippen MR) is 95.5 cm³/mol. The molecule has 0 atom stereocenters. The van der Waals surface area contributed by atoms with Gasteiger partial charge in [-0.05, 0) is 29.6 Å². The molecule has 0 unspecified atom stereocenters. The number of nitrogens with zero attached hydrogens (tertiary/aromatic N) is 3. The van der Waals surface area contributed by atoms with Crippen molar-refractivity contribution in [3.8, 4) is 9.88 Å². The minimum atomic E-state index is -0.0858. The molecular formula is C16H10ClN3OS2. The average molecular weight is 360 g/mol. The zero-order valence-corrected chi connectivity index (χ0v) is 14.2. The largest absolute Gasteiger partial charge is 0.293 e. The van der Waals surface area contributed by atoms with Crippen LogP contribution in [0, 0.1) is 0 Å². The lowest BCUT2D eigenvalue weighted by molar-refractivity contribution is 0.734. The van der Waals surface area contributed by atoms with Crippen molar-refractivity contribution >= 4 is 45.2 Å². The summed E-state index contributed by atoms with van der Waals surface area (Å²) in [6.45, 7) is 0.409. The van der Waals surface area contributed by atoms with Gasteiger partial charge in [0, 0.05) is 10.4 Å². The molecule has 7 heteroatoms. The van der Waals surface area contributed by atoms with Crippen LogP contribution in [0.2, 0.25) is 5.02 Å². The van der Waals surface area contributed by atoms with Crippen molar-refractivity contribution in [2.24, 2.45) is 0 Å². The predicted octanol–water partition coefficient (Wildman–Crippen LogP) is 4.28. The number of fused-ring (bicyclic) bond motifs is 1. The molecule has 23 heavy (non-hydrogen) atoms. The number of benzene rings is 1. The number of hydrogen-bond acceptors (Lipinski definition) is 5. The van der Waals surface area contributed by atoms with Crippen LogP contribution < -0.4 is 5.56 Å². The molecule has 3 aromatic heterocycles. The summed E-state index contributed by atoms with van der Waals surface area (Å²) >= 11 is 9.18. The Morgan fingerprint density at radius 3 is 2.96 bits per heavy atom. The molecule has 4 aromatic rings. The lowest BCUT2D eigenvalue weighted by Crippen LogP contribution is -2.21. The van der Waals surface area contributed by atoms with E-state index in [-0.39, 0.29) is 5.56 Å². The number of thiazole rings is 1. The summed E-state index contributed by atoms with van der Waals surface area (Å²) < 4.78 is 1.57. The quantitative estimate of drug-likeness (QED) is 0.548.